The SMILES string of the molecule is CC(C)(C)C(=O)CS(=O)CC1CCCO1. The molecule has 4 heteroatoms. The van der Waals surface area contributed by atoms with Crippen molar-refractivity contribution < 1.29 is 13.7 Å². The van der Waals surface area contributed by atoms with Crippen LogP contribution in [-0.2, 0) is 20.3 Å². The summed E-state index contributed by atoms with van der Waals surface area (Å²) < 4.78 is 17.1. The molecular weight excluding hydrogens is 212 g/mol. The lowest BCUT2D eigenvalue weighted by molar-refractivity contribution is -0.123. The second kappa shape index (κ2) is 5.21. The van der Waals surface area contributed by atoms with Crippen molar-refractivity contribution in [1.82, 2.24) is 0 Å². The van der Waals surface area contributed by atoms with E-state index in [4.69, 9.17) is 4.74 Å². The standard InChI is InChI=1S/C11H20O3S/c1-11(2,3)10(12)8-15(13)7-9-5-4-6-14-9/h9H,4-8H2,1-3H3. The fraction of sp³-hybridized carbons (Fsp3) is 0.909. The second-order valence-corrected chi connectivity index (χ2v) is 6.56. The first-order chi connectivity index (χ1) is 6.89. The zero-order chi connectivity index (χ0) is 11.5. The van der Waals surface area contributed by atoms with Crippen molar-refractivity contribution in [2.45, 2.75) is 39.7 Å². The van der Waals surface area contributed by atoms with Crippen LogP contribution < -0.4 is 0 Å². The minimum Gasteiger partial charge on any atom is -0.377 e. The molecule has 1 fully saturated rings. The minimum atomic E-state index is -1.06. The van der Waals surface area contributed by atoms with Crippen molar-refractivity contribution in [3.05, 3.63) is 0 Å². The van der Waals surface area contributed by atoms with Gasteiger partial charge in [-0.2, -0.15) is 0 Å². The van der Waals surface area contributed by atoms with Gasteiger partial charge in [-0.15, -0.1) is 0 Å². The van der Waals surface area contributed by atoms with Gasteiger partial charge in [0.2, 0.25) is 0 Å². The Kier molecular flexibility index (Phi) is 4.46. The van der Waals surface area contributed by atoms with Gasteiger partial charge >= 0.3 is 0 Å². The molecule has 0 radical (unpaired) electrons. The highest BCUT2D eigenvalue weighted by molar-refractivity contribution is 7.85. The Morgan fingerprint density at radius 2 is 2.13 bits per heavy atom. The Bertz CT molecular complexity index is 249. The smallest absolute Gasteiger partial charge is 0.150 e. The number of ketones is 1. The third-order valence-corrected chi connectivity index (χ3v) is 3.85. The van der Waals surface area contributed by atoms with E-state index >= 15 is 0 Å². The number of ether oxygens (including phenoxy) is 1. The van der Waals surface area contributed by atoms with Crippen molar-refractivity contribution in [2.24, 2.45) is 5.41 Å². The highest BCUT2D eigenvalue weighted by Gasteiger charge is 2.25. The summed E-state index contributed by atoms with van der Waals surface area (Å²) in [5.74, 6) is 0.754. The molecule has 0 spiro atoms. The Balaban J connectivity index is 2.32. The Hall–Kier alpha value is -0.220. The Labute approximate surface area is 94.0 Å². The predicted octanol–water partition coefficient (Wildman–Crippen LogP) is 1.53. The van der Waals surface area contributed by atoms with Gasteiger partial charge in [0.1, 0.15) is 0 Å². The van der Waals surface area contributed by atoms with E-state index in [0.29, 0.717) is 5.75 Å². The van der Waals surface area contributed by atoms with Crippen LogP contribution in [0.3, 0.4) is 0 Å². The maximum atomic E-state index is 11.7. The van der Waals surface area contributed by atoms with E-state index in [2.05, 4.69) is 0 Å². The summed E-state index contributed by atoms with van der Waals surface area (Å²) in [6.45, 7) is 6.35. The molecule has 1 rings (SSSR count). The van der Waals surface area contributed by atoms with Crippen molar-refractivity contribution in [2.75, 3.05) is 18.1 Å². The van der Waals surface area contributed by atoms with Crippen LogP contribution in [0, 0.1) is 5.41 Å². The number of Topliss-reactive ketones (excluding diaryl/α,β-unsaturated/α-hetero) is 1. The molecule has 3 nitrogen and oxygen atoms in total. The van der Waals surface area contributed by atoms with Crippen molar-refractivity contribution in [1.29, 1.82) is 0 Å². The van der Waals surface area contributed by atoms with Gasteiger partial charge in [0.25, 0.3) is 0 Å². The lowest BCUT2D eigenvalue weighted by atomic mass is 9.92. The summed E-state index contributed by atoms with van der Waals surface area (Å²) in [5.41, 5.74) is -0.383. The van der Waals surface area contributed by atoms with Crippen molar-refractivity contribution in [3.63, 3.8) is 0 Å². The number of hydrogen-bond donors (Lipinski definition) is 0. The number of hydrogen-bond acceptors (Lipinski definition) is 3. The molecule has 1 saturated heterocycles. The second-order valence-electron chi connectivity index (χ2n) is 5.06. The molecule has 88 valence electrons. The van der Waals surface area contributed by atoms with Gasteiger partial charge in [-0.3, -0.25) is 9.00 Å². The molecule has 15 heavy (non-hydrogen) atoms. The van der Waals surface area contributed by atoms with E-state index < -0.39 is 10.8 Å². The molecule has 0 saturated carbocycles. The quantitative estimate of drug-likeness (QED) is 0.738. The Morgan fingerprint density at radius 1 is 1.47 bits per heavy atom. The molecular formula is C11H20O3S. The zero-order valence-electron chi connectivity index (χ0n) is 9.75. The fourth-order valence-corrected chi connectivity index (χ4v) is 2.93. The van der Waals surface area contributed by atoms with Crippen LogP contribution in [0.4, 0.5) is 0 Å². The van der Waals surface area contributed by atoms with E-state index in [1.165, 1.54) is 0 Å². The van der Waals surface area contributed by atoms with Gasteiger partial charge in [0.05, 0.1) is 17.6 Å². The number of carbonyl (C=O) groups is 1. The zero-order valence-corrected chi connectivity index (χ0v) is 10.6. The largest absolute Gasteiger partial charge is 0.377 e. The summed E-state index contributed by atoms with van der Waals surface area (Å²) in [5, 5.41) is 0. The van der Waals surface area contributed by atoms with E-state index in [0.717, 1.165) is 19.4 Å². The van der Waals surface area contributed by atoms with Crippen molar-refractivity contribution in [3.8, 4) is 0 Å². The molecule has 0 amide bonds. The molecule has 0 aromatic rings. The summed E-state index contributed by atoms with van der Waals surface area (Å²) >= 11 is 0. The average Bonchev–Trinajstić information content (AvgIpc) is 2.54. The van der Waals surface area contributed by atoms with Crippen LogP contribution >= 0.6 is 0 Å². The molecule has 0 aliphatic carbocycles. The monoisotopic (exact) mass is 232 g/mol. The van der Waals surface area contributed by atoms with E-state index in [1.807, 2.05) is 20.8 Å². The molecule has 1 aliphatic rings. The maximum absolute atomic E-state index is 11.7. The van der Waals surface area contributed by atoms with Crippen LogP contribution in [0.15, 0.2) is 0 Å². The van der Waals surface area contributed by atoms with Gasteiger partial charge in [-0.25, -0.2) is 0 Å². The molecule has 0 aromatic heterocycles. The molecule has 0 aromatic carbocycles. The first kappa shape index (κ1) is 12.8. The fourth-order valence-electron chi connectivity index (χ4n) is 1.40. The molecule has 0 bridgehead atoms. The topological polar surface area (TPSA) is 43.4 Å². The number of carbonyl (C=O) groups excluding carboxylic acids is 1. The van der Waals surface area contributed by atoms with Crippen LogP contribution in [0.2, 0.25) is 0 Å². The van der Waals surface area contributed by atoms with Crippen LogP contribution in [0.25, 0.3) is 0 Å². The molecule has 1 aliphatic heterocycles. The highest BCUT2D eigenvalue weighted by Crippen LogP contribution is 2.17. The highest BCUT2D eigenvalue weighted by atomic mass is 32.2. The third kappa shape index (κ3) is 4.43. The van der Waals surface area contributed by atoms with E-state index in [-0.39, 0.29) is 23.1 Å². The molecule has 2 atom stereocenters. The summed E-state index contributed by atoms with van der Waals surface area (Å²) in [4.78, 5) is 11.6. The minimum absolute atomic E-state index is 0.0684. The van der Waals surface area contributed by atoms with Crippen LogP contribution in [0.1, 0.15) is 33.6 Å². The third-order valence-electron chi connectivity index (χ3n) is 2.52. The predicted molar refractivity (Wildman–Crippen MR) is 61.3 cm³/mol. The molecule has 1 heterocycles. The van der Waals surface area contributed by atoms with Gasteiger partial charge in [0.15, 0.2) is 5.78 Å². The van der Waals surface area contributed by atoms with Gasteiger partial charge in [-0.1, -0.05) is 20.8 Å². The van der Waals surface area contributed by atoms with E-state index in [9.17, 15) is 9.00 Å². The lowest BCUT2D eigenvalue weighted by Gasteiger charge is -2.16. The summed E-state index contributed by atoms with van der Waals surface area (Å²) in [6.07, 6.45) is 2.14. The normalized spacial score (nSPS) is 24.1. The van der Waals surface area contributed by atoms with Crippen LogP contribution in [-0.4, -0.2) is 34.2 Å². The molecule has 0 N–H and O–H groups in total. The maximum Gasteiger partial charge on any atom is 0.150 e. The average molecular weight is 232 g/mol. The lowest BCUT2D eigenvalue weighted by Crippen LogP contribution is -2.28. The van der Waals surface area contributed by atoms with E-state index in [1.54, 1.807) is 0 Å². The first-order valence-electron chi connectivity index (χ1n) is 5.39. The number of rotatable bonds is 4. The first-order valence-corrected chi connectivity index (χ1v) is 6.88. The molecule has 2 unspecified atom stereocenters. The summed E-state index contributed by atoms with van der Waals surface area (Å²) in [7, 11) is -1.06. The van der Waals surface area contributed by atoms with Crippen molar-refractivity contribution >= 4 is 16.6 Å². The van der Waals surface area contributed by atoms with Crippen LogP contribution in [0.5, 0.6) is 0 Å². The van der Waals surface area contributed by atoms with Gasteiger partial charge < -0.3 is 4.74 Å². The summed E-state index contributed by atoms with van der Waals surface area (Å²) in [6, 6.07) is 0. The Morgan fingerprint density at radius 3 is 2.60 bits per heavy atom. The van der Waals surface area contributed by atoms with Gasteiger partial charge in [0, 0.05) is 22.8 Å². The van der Waals surface area contributed by atoms with Gasteiger partial charge in [-0.05, 0) is 12.8 Å².